The van der Waals surface area contributed by atoms with Gasteiger partial charge in [-0.25, -0.2) is 0 Å². The van der Waals surface area contributed by atoms with E-state index in [0.29, 0.717) is 23.4 Å². The highest BCUT2D eigenvalue weighted by molar-refractivity contribution is 5.94. The maximum absolute atomic E-state index is 12.2. The lowest BCUT2D eigenvalue weighted by Crippen LogP contribution is -2.28. The smallest absolute Gasteiger partial charge is 0.227 e. The van der Waals surface area contributed by atoms with Crippen molar-refractivity contribution >= 4 is 23.2 Å². The maximum atomic E-state index is 12.2. The Morgan fingerprint density at radius 3 is 2.12 bits per heavy atom. The molecule has 0 saturated heterocycles. The van der Waals surface area contributed by atoms with Crippen LogP contribution in [0.4, 0.5) is 11.4 Å². The Hall–Kier alpha value is -2.66. The van der Waals surface area contributed by atoms with Crippen molar-refractivity contribution in [1.82, 2.24) is 0 Å². The third-order valence-corrected chi connectivity index (χ3v) is 3.65. The molecule has 2 aromatic rings. The van der Waals surface area contributed by atoms with E-state index in [1.165, 1.54) is 0 Å². The fourth-order valence-corrected chi connectivity index (χ4v) is 2.34. The van der Waals surface area contributed by atoms with Crippen LogP contribution in [0.25, 0.3) is 0 Å². The second-order valence-corrected chi connectivity index (χ2v) is 5.85. The molecule has 3 N–H and O–H groups in total. The van der Waals surface area contributed by atoms with E-state index in [0.717, 1.165) is 0 Å². The summed E-state index contributed by atoms with van der Waals surface area (Å²) in [4.78, 5) is 23.7. The topological polar surface area (TPSA) is 78.4 Å². The first-order valence-electron chi connectivity index (χ1n) is 7.88. The van der Waals surface area contributed by atoms with E-state index in [1.54, 1.807) is 50.2 Å². The average Bonchev–Trinajstić information content (AvgIpc) is 2.55. The number of aliphatic hydroxyl groups is 1. The van der Waals surface area contributed by atoms with Gasteiger partial charge >= 0.3 is 0 Å². The van der Waals surface area contributed by atoms with E-state index in [1.807, 2.05) is 18.2 Å². The van der Waals surface area contributed by atoms with E-state index >= 15 is 0 Å². The predicted octanol–water partition coefficient (Wildman–Crippen LogP) is 3.27. The number of anilines is 2. The fraction of sp³-hybridized carbons (Fsp3) is 0.263. The standard InChI is InChI=1S/C19H22N2O3/c1-3-17(22)20-15-10-7-11-16(12-15)21-18(23)13-19(2,24)14-8-5-4-6-9-14/h4-12,24H,3,13H2,1-2H3,(H,20,22)(H,21,23). The Morgan fingerprint density at radius 1 is 0.958 bits per heavy atom. The van der Waals surface area contributed by atoms with Gasteiger partial charge in [-0.05, 0) is 30.7 Å². The van der Waals surface area contributed by atoms with Gasteiger partial charge in [0.1, 0.15) is 0 Å². The monoisotopic (exact) mass is 326 g/mol. The molecule has 0 aliphatic heterocycles. The Bertz CT molecular complexity index is 712. The van der Waals surface area contributed by atoms with Gasteiger partial charge in [0, 0.05) is 17.8 Å². The summed E-state index contributed by atoms with van der Waals surface area (Å²) in [5, 5.41) is 16.0. The van der Waals surface area contributed by atoms with Gasteiger partial charge in [-0.1, -0.05) is 43.3 Å². The zero-order valence-corrected chi connectivity index (χ0v) is 13.9. The van der Waals surface area contributed by atoms with Gasteiger partial charge in [-0.3, -0.25) is 9.59 Å². The molecule has 0 spiro atoms. The number of amides is 2. The molecule has 2 rings (SSSR count). The second-order valence-electron chi connectivity index (χ2n) is 5.85. The molecule has 0 aliphatic rings. The van der Waals surface area contributed by atoms with Crippen molar-refractivity contribution in [1.29, 1.82) is 0 Å². The quantitative estimate of drug-likeness (QED) is 0.762. The molecule has 2 amide bonds. The third-order valence-electron chi connectivity index (χ3n) is 3.65. The van der Waals surface area contributed by atoms with Crippen LogP contribution in [0.15, 0.2) is 54.6 Å². The summed E-state index contributed by atoms with van der Waals surface area (Å²) in [6.45, 7) is 3.38. The van der Waals surface area contributed by atoms with Crippen molar-refractivity contribution in [3.8, 4) is 0 Å². The lowest BCUT2D eigenvalue weighted by atomic mass is 9.92. The molecule has 0 saturated carbocycles. The minimum Gasteiger partial charge on any atom is -0.385 e. The summed E-state index contributed by atoms with van der Waals surface area (Å²) in [7, 11) is 0. The van der Waals surface area contributed by atoms with Crippen LogP contribution in [0.1, 0.15) is 32.3 Å². The first kappa shape index (κ1) is 17.7. The second kappa shape index (κ2) is 7.75. The molecule has 5 nitrogen and oxygen atoms in total. The fourth-order valence-electron chi connectivity index (χ4n) is 2.34. The Balaban J connectivity index is 2.02. The van der Waals surface area contributed by atoms with Crippen molar-refractivity contribution in [2.45, 2.75) is 32.3 Å². The molecule has 126 valence electrons. The molecule has 0 bridgehead atoms. The number of hydrogen-bond donors (Lipinski definition) is 3. The molecular weight excluding hydrogens is 304 g/mol. The lowest BCUT2D eigenvalue weighted by Gasteiger charge is -2.23. The molecule has 0 aliphatic carbocycles. The summed E-state index contributed by atoms with van der Waals surface area (Å²) in [5.74, 6) is -0.395. The molecule has 1 atom stereocenters. The zero-order chi connectivity index (χ0) is 17.6. The van der Waals surface area contributed by atoms with Crippen LogP contribution in [0.5, 0.6) is 0 Å². The Kier molecular flexibility index (Phi) is 5.71. The number of carbonyl (C=O) groups excluding carboxylic acids is 2. The highest BCUT2D eigenvalue weighted by Crippen LogP contribution is 2.25. The normalized spacial score (nSPS) is 13.0. The van der Waals surface area contributed by atoms with Crippen LogP contribution < -0.4 is 10.6 Å². The van der Waals surface area contributed by atoms with Gasteiger partial charge < -0.3 is 15.7 Å². The summed E-state index contributed by atoms with van der Waals surface area (Å²) < 4.78 is 0. The highest BCUT2D eigenvalue weighted by atomic mass is 16.3. The van der Waals surface area contributed by atoms with Crippen molar-refractivity contribution in [3.05, 3.63) is 60.2 Å². The van der Waals surface area contributed by atoms with Crippen LogP contribution in [0.2, 0.25) is 0 Å². The van der Waals surface area contributed by atoms with Crippen LogP contribution in [-0.2, 0) is 15.2 Å². The van der Waals surface area contributed by atoms with Gasteiger partial charge in [0.2, 0.25) is 11.8 Å². The SMILES string of the molecule is CCC(=O)Nc1cccc(NC(=O)CC(C)(O)c2ccccc2)c1. The third kappa shape index (κ3) is 4.93. The number of rotatable bonds is 6. The molecule has 5 heteroatoms. The van der Waals surface area contributed by atoms with E-state index in [4.69, 9.17) is 0 Å². The lowest BCUT2D eigenvalue weighted by molar-refractivity contribution is -0.120. The average molecular weight is 326 g/mol. The predicted molar refractivity (Wildman–Crippen MR) is 94.6 cm³/mol. The minimum absolute atomic E-state index is 0.0669. The Labute approximate surface area is 141 Å². The first-order valence-corrected chi connectivity index (χ1v) is 7.88. The van der Waals surface area contributed by atoms with Gasteiger partial charge in [0.05, 0.1) is 12.0 Å². The summed E-state index contributed by atoms with van der Waals surface area (Å²) in [6, 6.07) is 16.0. The van der Waals surface area contributed by atoms with Crippen LogP contribution in [-0.4, -0.2) is 16.9 Å². The molecule has 0 fully saturated rings. The molecule has 24 heavy (non-hydrogen) atoms. The highest BCUT2D eigenvalue weighted by Gasteiger charge is 2.26. The van der Waals surface area contributed by atoms with Crippen molar-refractivity contribution in [3.63, 3.8) is 0 Å². The summed E-state index contributed by atoms with van der Waals surface area (Å²) in [5.41, 5.74) is 0.621. The molecule has 1 unspecified atom stereocenters. The molecular formula is C19H22N2O3. The largest absolute Gasteiger partial charge is 0.385 e. The molecule has 0 heterocycles. The summed E-state index contributed by atoms with van der Waals surface area (Å²) >= 11 is 0. The van der Waals surface area contributed by atoms with E-state index < -0.39 is 5.60 Å². The van der Waals surface area contributed by atoms with Gasteiger partial charge in [0.25, 0.3) is 0 Å². The van der Waals surface area contributed by atoms with Gasteiger partial charge in [-0.15, -0.1) is 0 Å². The van der Waals surface area contributed by atoms with Crippen molar-refractivity contribution in [2.24, 2.45) is 0 Å². The zero-order valence-electron chi connectivity index (χ0n) is 13.9. The number of hydrogen-bond acceptors (Lipinski definition) is 3. The van der Waals surface area contributed by atoms with E-state index in [9.17, 15) is 14.7 Å². The van der Waals surface area contributed by atoms with Crippen molar-refractivity contribution in [2.75, 3.05) is 10.6 Å². The van der Waals surface area contributed by atoms with E-state index in [-0.39, 0.29) is 18.2 Å². The van der Waals surface area contributed by atoms with Gasteiger partial charge in [-0.2, -0.15) is 0 Å². The van der Waals surface area contributed by atoms with Crippen LogP contribution in [0, 0.1) is 0 Å². The van der Waals surface area contributed by atoms with Crippen LogP contribution in [0.3, 0.4) is 0 Å². The summed E-state index contributed by atoms with van der Waals surface area (Å²) in [6.07, 6.45) is 0.319. The Morgan fingerprint density at radius 2 is 1.54 bits per heavy atom. The number of carbonyl (C=O) groups is 2. The number of nitrogens with one attached hydrogen (secondary N) is 2. The van der Waals surface area contributed by atoms with Crippen LogP contribution >= 0.6 is 0 Å². The maximum Gasteiger partial charge on any atom is 0.227 e. The number of benzene rings is 2. The minimum atomic E-state index is -1.25. The first-order chi connectivity index (χ1) is 11.4. The molecule has 0 aromatic heterocycles. The molecule has 2 aromatic carbocycles. The molecule has 0 radical (unpaired) electrons. The van der Waals surface area contributed by atoms with E-state index in [2.05, 4.69) is 10.6 Å². The van der Waals surface area contributed by atoms with Crippen molar-refractivity contribution < 1.29 is 14.7 Å². The van der Waals surface area contributed by atoms with Gasteiger partial charge in [0.15, 0.2) is 0 Å².